The van der Waals surface area contributed by atoms with Crippen LogP contribution in [0.4, 0.5) is 5.69 Å². The van der Waals surface area contributed by atoms with Gasteiger partial charge in [0, 0.05) is 25.0 Å². The largest absolute Gasteiger partial charge is 0.465 e. The van der Waals surface area contributed by atoms with Crippen LogP contribution in [0.5, 0.6) is 0 Å². The molecule has 24 heavy (non-hydrogen) atoms. The van der Waals surface area contributed by atoms with E-state index in [-0.39, 0.29) is 11.6 Å². The molecule has 0 unspecified atom stereocenters. The minimum absolute atomic E-state index is 0.0693. The Morgan fingerprint density at radius 2 is 1.38 bits per heavy atom. The van der Waals surface area contributed by atoms with Crippen LogP contribution in [0.1, 0.15) is 48.4 Å². The Morgan fingerprint density at radius 3 is 1.75 bits per heavy atom. The molecule has 0 aliphatic heterocycles. The van der Waals surface area contributed by atoms with E-state index in [4.69, 9.17) is 8.83 Å². The van der Waals surface area contributed by atoms with Crippen LogP contribution in [0.3, 0.4) is 0 Å². The molecule has 0 saturated heterocycles. The van der Waals surface area contributed by atoms with Gasteiger partial charge >= 0.3 is 0 Å². The van der Waals surface area contributed by atoms with Gasteiger partial charge in [0.15, 0.2) is 0 Å². The van der Waals surface area contributed by atoms with Gasteiger partial charge in [0.25, 0.3) is 5.69 Å². The molecule has 3 aromatic rings. The molecule has 0 aliphatic carbocycles. The van der Waals surface area contributed by atoms with Crippen LogP contribution >= 0.6 is 0 Å². The molecule has 0 aliphatic rings. The standard InChI is InChI=1S/C19H19NO4/c1-3-15-9-11-17(23-15)19(18-12-10-16(4-2)24-18)13-5-7-14(8-6-13)20(21)22/h5-12,19H,3-4H2,1-2H3. The van der Waals surface area contributed by atoms with Gasteiger partial charge in [0.2, 0.25) is 0 Å². The maximum atomic E-state index is 10.9. The van der Waals surface area contributed by atoms with Crippen molar-refractivity contribution in [3.05, 3.63) is 87.2 Å². The van der Waals surface area contributed by atoms with Crippen LogP contribution < -0.4 is 0 Å². The number of benzene rings is 1. The maximum Gasteiger partial charge on any atom is 0.269 e. The molecule has 0 fully saturated rings. The average molecular weight is 325 g/mol. The summed E-state index contributed by atoms with van der Waals surface area (Å²) in [6.07, 6.45) is 1.62. The first-order chi connectivity index (χ1) is 11.6. The third-order valence-electron chi connectivity index (χ3n) is 4.07. The van der Waals surface area contributed by atoms with Crippen LogP contribution in [-0.2, 0) is 12.8 Å². The number of nitro groups is 1. The second-order valence-electron chi connectivity index (χ2n) is 5.60. The van der Waals surface area contributed by atoms with Gasteiger partial charge in [-0.05, 0) is 29.8 Å². The lowest BCUT2D eigenvalue weighted by atomic mass is 9.94. The van der Waals surface area contributed by atoms with Gasteiger partial charge < -0.3 is 8.83 Å². The fourth-order valence-electron chi connectivity index (χ4n) is 2.74. The second-order valence-corrected chi connectivity index (χ2v) is 5.60. The van der Waals surface area contributed by atoms with Crippen molar-refractivity contribution in [2.75, 3.05) is 0 Å². The highest BCUT2D eigenvalue weighted by molar-refractivity contribution is 5.41. The summed E-state index contributed by atoms with van der Waals surface area (Å²) in [5.74, 6) is 3.14. The molecule has 0 spiro atoms. The molecule has 0 N–H and O–H groups in total. The summed E-state index contributed by atoms with van der Waals surface area (Å²) in [7, 11) is 0. The number of aryl methyl sites for hydroxylation is 2. The maximum absolute atomic E-state index is 10.9. The van der Waals surface area contributed by atoms with Crippen LogP contribution in [0.15, 0.2) is 57.4 Å². The van der Waals surface area contributed by atoms with Crippen molar-refractivity contribution in [3.8, 4) is 0 Å². The van der Waals surface area contributed by atoms with E-state index in [9.17, 15) is 10.1 Å². The van der Waals surface area contributed by atoms with Crippen molar-refractivity contribution in [1.29, 1.82) is 0 Å². The second kappa shape index (κ2) is 6.74. The van der Waals surface area contributed by atoms with E-state index in [2.05, 4.69) is 0 Å². The van der Waals surface area contributed by atoms with Crippen LogP contribution in [0.25, 0.3) is 0 Å². The summed E-state index contributed by atoms with van der Waals surface area (Å²) in [6.45, 7) is 4.07. The van der Waals surface area contributed by atoms with Crippen molar-refractivity contribution in [1.82, 2.24) is 0 Å². The SMILES string of the molecule is CCc1ccc(C(c2ccc([N+](=O)[O-])cc2)c2ccc(CC)o2)o1. The van der Waals surface area contributed by atoms with Gasteiger partial charge in [0.05, 0.1) is 4.92 Å². The summed E-state index contributed by atoms with van der Waals surface area (Å²) in [5, 5.41) is 10.9. The normalized spacial score (nSPS) is 11.1. The Hall–Kier alpha value is -2.82. The summed E-state index contributed by atoms with van der Waals surface area (Å²) < 4.78 is 11.9. The van der Waals surface area contributed by atoms with Crippen molar-refractivity contribution >= 4 is 5.69 Å². The van der Waals surface area contributed by atoms with Gasteiger partial charge in [-0.2, -0.15) is 0 Å². The molecule has 124 valence electrons. The van der Waals surface area contributed by atoms with E-state index in [1.54, 1.807) is 12.1 Å². The minimum atomic E-state index is -0.400. The first-order valence-electron chi connectivity index (χ1n) is 8.04. The zero-order chi connectivity index (χ0) is 17.1. The summed E-state index contributed by atoms with van der Waals surface area (Å²) >= 11 is 0. The van der Waals surface area contributed by atoms with Gasteiger partial charge in [-0.1, -0.05) is 26.0 Å². The number of hydrogen-bond donors (Lipinski definition) is 0. The van der Waals surface area contributed by atoms with Crippen LogP contribution in [0, 0.1) is 10.1 Å². The highest BCUT2D eigenvalue weighted by Crippen LogP contribution is 2.35. The average Bonchev–Trinajstić information content (AvgIpc) is 3.25. The quantitative estimate of drug-likeness (QED) is 0.468. The van der Waals surface area contributed by atoms with Gasteiger partial charge in [-0.3, -0.25) is 10.1 Å². The van der Waals surface area contributed by atoms with Gasteiger partial charge in [-0.25, -0.2) is 0 Å². The highest BCUT2D eigenvalue weighted by Gasteiger charge is 2.24. The number of furan rings is 2. The lowest BCUT2D eigenvalue weighted by Crippen LogP contribution is -2.01. The van der Waals surface area contributed by atoms with Gasteiger partial charge in [0.1, 0.15) is 29.0 Å². The monoisotopic (exact) mass is 325 g/mol. The van der Waals surface area contributed by atoms with E-state index >= 15 is 0 Å². The van der Waals surface area contributed by atoms with Crippen molar-refractivity contribution < 1.29 is 13.8 Å². The number of hydrogen-bond acceptors (Lipinski definition) is 4. The molecule has 5 heteroatoms. The Labute approximate surface area is 140 Å². The molecule has 5 nitrogen and oxygen atoms in total. The first kappa shape index (κ1) is 16.1. The molecular weight excluding hydrogens is 306 g/mol. The lowest BCUT2D eigenvalue weighted by molar-refractivity contribution is -0.384. The fraction of sp³-hybridized carbons (Fsp3) is 0.263. The van der Waals surface area contributed by atoms with E-state index in [0.29, 0.717) is 0 Å². The molecule has 0 atom stereocenters. The van der Waals surface area contributed by atoms with E-state index in [1.807, 2.05) is 38.1 Å². The predicted molar refractivity (Wildman–Crippen MR) is 90.2 cm³/mol. The van der Waals surface area contributed by atoms with Crippen molar-refractivity contribution in [2.24, 2.45) is 0 Å². The first-order valence-corrected chi connectivity index (χ1v) is 8.04. The summed E-state index contributed by atoms with van der Waals surface area (Å²) in [6, 6.07) is 14.3. The number of nitro benzene ring substituents is 1. The molecule has 2 aromatic heterocycles. The molecule has 3 rings (SSSR count). The van der Waals surface area contributed by atoms with Crippen molar-refractivity contribution in [3.63, 3.8) is 0 Å². The Morgan fingerprint density at radius 1 is 0.875 bits per heavy atom. The van der Waals surface area contributed by atoms with Crippen molar-refractivity contribution in [2.45, 2.75) is 32.6 Å². The zero-order valence-corrected chi connectivity index (χ0v) is 13.7. The van der Waals surface area contributed by atoms with Crippen LogP contribution in [0.2, 0.25) is 0 Å². The van der Waals surface area contributed by atoms with E-state index in [1.165, 1.54) is 12.1 Å². The molecule has 1 aromatic carbocycles. The third-order valence-corrected chi connectivity index (χ3v) is 4.07. The molecule has 0 amide bonds. The smallest absolute Gasteiger partial charge is 0.269 e. The molecule has 0 radical (unpaired) electrons. The van der Waals surface area contributed by atoms with E-state index < -0.39 is 4.92 Å². The third kappa shape index (κ3) is 3.11. The molecular formula is C19H19NO4. The Balaban J connectivity index is 2.05. The summed E-state index contributed by atoms with van der Waals surface area (Å²) in [5.41, 5.74) is 0.967. The number of non-ortho nitro benzene ring substituents is 1. The molecule has 0 bridgehead atoms. The van der Waals surface area contributed by atoms with Crippen LogP contribution in [-0.4, -0.2) is 4.92 Å². The Bertz CT molecular complexity index is 787. The molecule has 0 saturated carbocycles. The fourth-order valence-corrected chi connectivity index (χ4v) is 2.74. The molecule has 2 heterocycles. The highest BCUT2D eigenvalue weighted by atomic mass is 16.6. The minimum Gasteiger partial charge on any atom is -0.465 e. The lowest BCUT2D eigenvalue weighted by Gasteiger charge is -2.13. The Kier molecular flexibility index (Phi) is 4.51. The number of nitrogens with zero attached hydrogens (tertiary/aromatic N) is 1. The topological polar surface area (TPSA) is 69.4 Å². The zero-order valence-electron chi connectivity index (χ0n) is 13.7. The number of rotatable bonds is 6. The van der Waals surface area contributed by atoms with E-state index in [0.717, 1.165) is 41.4 Å². The van der Waals surface area contributed by atoms with Gasteiger partial charge in [-0.15, -0.1) is 0 Å². The predicted octanol–water partition coefficient (Wildman–Crippen LogP) is 5.09. The summed E-state index contributed by atoms with van der Waals surface area (Å²) in [4.78, 5) is 10.5.